The molecule has 7 amide bonds. The number of nitrogens with zero attached hydrogens (tertiary/aromatic N) is 1. The Morgan fingerprint density at radius 3 is 1.93 bits per heavy atom. The van der Waals surface area contributed by atoms with E-state index in [0.717, 1.165) is 43.7 Å². The van der Waals surface area contributed by atoms with Crippen molar-refractivity contribution in [3.05, 3.63) is 90.0 Å². The Kier molecular flexibility index (Phi) is 27.4. The van der Waals surface area contributed by atoms with E-state index < -0.39 is 134 Å². The van der Waals surface area contributed by atoms with Crippen LogP contribution in [-0.2, 0) is 55.9 Å². The molecule has 0 bridgehead atoms. The number of cyclic esters (lactones) is 1. The average molecular weight is 1060 g/mol. The van der Waals surface area contributed by atoms with Crippen LogP contribution in [0.3, 0.4) is 0 Å². The second kappa shape index (κ2) is 32.7. The van der Waals surface area contributed by atoms with E-state index in [0.29, 0.717) is 5.56 Å². The van der Waals surface area contributed by atoms with Crippen molar-refractivity contribution in [2.75, 3.05) is 20.3 Å². The normalized spacial score (nSPS) is 18.8. The number of phenols is 1. The Labute approximate surface area is 447 Å². The number of benzene rings is 2. The second-order valence-electron chi connectivity index (χ2n) is 20.5. The van der Waals surface area contributed by atoms with Crippen LogP contribution in [0.5, 0.6) is 5.75 Å². The number of aliphatic hydroxyl groups is 3. The van der Waals surface area contributed by atoms with Crippen LogP contribution in [0.2, 0.25) is 0 Å². The summed E-state index contributed by atoms with van der Waals surface area (Å²) in [6.07, 6.45) is 7.51. The Balaban J connectivity index is 1.67. The van der Waals surface area contributed by atoms with Crippen LogP contribution in [0.1, 0.15) is 111 Å². The Hall–Kier alpha value is -6.64. The van der Waals surface area contributed by atoms with Gasteiger partial charge in [-0.3, -0.25) is 33.6 Å². The summed E-state index contributed by atoms with van der Waals surface area (Å²) >= 11 is 0. The molecule has 20 heteroatoms. The highest BCUT2D eigenvalue weighted by Crippen LogP contribution is 2.18. The molecule has 1 heterocycles. The van der Waals surface area contributed by atoms with Gasteiger partial charge in [-0.2, -0.15) is 0 Å². The third-order valence-electron chi connectivity index (χ3n) is 13.0. The lowest BCUT2D eigenvalue weighted by atomic mass is 9.97. The predicted octanol–water partition coefficient (Wildman–Crippen LogP) is 2.41. The lowest BCUT2D eigenvalue weighted by molar-refractivity contribution is -0.156. The molecule has 1 aliphatic heterocycles. The van der Waals surface area contributed by atoms with Gasteiger partial charge in [0.1, 0.15) is 36.5 Å². The van der Waals surface area contributed by atoms with Crippen molar-refractivity contribution in [2.45, 2.75) is 167 Å². The maximum absolute atomic E-state index is 13.9. The number of esters is 1. The van der Waals surface area contributed by atoms with Crippen molar-refractivity contribution in [3.8, 4) is 5.75 Å². The van der Waals surface area contributed by atoms with Gasteiger partial charge in [-0.15, -0.1) is 0 Å². The number of nitrogens with one attached hydrogen (secondary N) is 6. The zero-order valence-electron chi connectivity index (χ0n) is 45.3. The Bertz CT molecular complexity index is 2260. The van der Waals surface area contributed by atoms with Crippen LogP contribution in [0, 0.1) is 17.8 Å². The summed E-state index contributed by atoms with van der Waals surface area (Å²) in [5.41, 5.74) is 1.42. The van der Waals surface area contributed by atoms with Gasteiger partial charge in [-0.05, 0) is 60.3 Å². The Morgan fingerprint density at radius 1 is 0.750 bits per heavy atom. The fourth-order valence-electron chi connectivity index (χ4n) is 8.36. The van der Waals surface area contributed by atoms with E-state index in [2.05, 4.69) is 38.8 Å². The van der Waals surface area contributed by atoms with Crippen molar-refractivity contribution >= 4 is 47.3 Å². The number of carbonyl (C=O) groups excluding carboxylic acids is 8. The third-order valence-corrected chi connectivity index (χ3v) is 13.0. The number of hydrogen-bond donors (Lipinski definition) is 10. The van der Waals surface area contributed by atoms with Crippen molar-refractivity contribution < 1.29 is 63.5 Å². The van der Waals surface area contributed by atoms with E-state index in [1.165, 1.54) is 30.2 Å². The van der Waals surface area contributed by atoms with E-state index in [4.69, 9.17) is 4.74 Å². The summed E-state index contributed by atoms with van der Waals surface area (Å²) in [5, 5.41) is 58.5. The lowest BCUT2D eigenvalue weighted by Gasteiger charge is -2.32. The summed E-state index contributed by atoms with van der Waals surface area (Å²) in [5.74, 6) is -6.87. The van der Waals surface area contributed by atoms with E-state index in [-0.39, 0.29) is 36.8 Å². The molecular formula is C56H83N7O13. The molecule has 0 unspecified atom stereocenters. The van der Waals surface area contributed by atoms with Crippen molar-refractivity contribution in [1.29, 1.82) is 0 Å². The molecule has 20 nitrogen and oxygen atoms in total. The standard InChI is InChI=1S/C56H83N7O13/c1-9-10-11-12-13-14-18-21-46(68)58-41(28-37-19-16-15-17-20-37)44(66)30-48(70)62-51(35(4)5)54(73)59-42(32-64)45(67)31-49(71)61-50(34(2)3)53(72)57-39-24-27-47(69)60-52(36(6)7)55(74)63(8)43(56(75)76-33-39)29-38-22-25-40(65)26-23-38/h14-20,22-27,34-36,39,41-45,50-52,64-67H,9-13,21,28-33H2,1-8H3,(H,57,72)(H,58,68)(H,59,73)(H,60,69)(H,61,71)(H,62,70)/t39-,41+,42+,43+,44+,45+,50+,51+,52+/m1/s1. The molecule has 2 aromatic carbocycles. The summed E-state index contributed by atoms with van der Waals surface area (Å²) in [6.45, 7) is 10.9. The highest BCUT2D eigenvalue weighted by atomic mass is 16.5. The van der Waals surface area contributed by atoms with Gasteiger partial charge in [0.05, 0.1) is 49.8 Å². The molecule has 0 aromatic heterocycles. The largest absolute Gasteiger partial charge is 0.508 e. The van der Waals surface area contributed by atoms with Gasteiger partial charge in [0.2, 0.25) is 41.4 Å². The second-order valence-corrected chi connectivity index (χ2v) is 20.5. The number of phenolic OH excluding ortho intramolecular Hbond substituents is 1. The minimum atomic E-state index is -1.69. The summed E-state index contributed by atoms with van der Waals surface area (Å²) in [4.78, 5) is 109. The molecule has 1 aliphatic rings. The number of aliphatic hydroxyl groups excluding tert-OH is 3. The fraction of sp³-hybridized carbons (Fsp3) is 0.571. The first-order valence-electron chi connectivity index (χ1n) is 26.4. The topological polar surface area (TPSA) is 302 Å². The molecule has 3 rings (SSSR count). The summed E-state index contributed by atoms with van der Waals surface area (Å²) in [7, 11) is 1.42. The maximum Gasteiger partial charge on any atom is 0.329 e. The third kappa shape index (κ3) is 21.9. The van der Waals surface area contributed by atoms with Gasteiger partial charge in [-0.1, -0.05) is 128 Å². The fourth-order valence-corrected chi connectivity index (χ4v) is 8.36. The van der Waals surface area contributed by atoms with E-state index in [9.17, 15) is 58.8 Å². The molecule has 0 saturated carbocycles. The maximum atomic E-state index is 13.9. The van der Waals surface area contributed by atoms with E-state index in [1.54, 1.807) is 59.8 Å². The highest BCUT2D eigenvalue weighted by Gasteiger charge is 2.37. The number of likely N-dealkylation sites (N-methyl/N-ethyl adjacent to an activating group) is 1. The molecule has 10 N–H and O–H groups in total. The predicted molar refractivity (Wildman–Crippen MR) is 286 cm³/mol. The van der Waals surface area contributed by atoms with Gasteiger partial charge in [0.15, 0.2) is 0 Å². The number of carbonyl (C=O) groups is 8. The number of aromatic hydroxyl groups is 1. The first kappa shape index (κ1) is 63.7. The van der Waals surface area contributed by atoms with Crippen molar-refractivity contribution in [3.63, 3.8) is 0 Å². The minimum absolute atomic E-state index is 0.00171. The van der Waals surface area contributed by atoms with Crippen molar-refractivity contribution in [2.24, 2.45) is 17.8 Å². The molecular weight excluding hydrogens is 979 g/mol. The van der Waals surface area contributed by atoms with Crippen molar-refractivity contribution in [1.82, 2.24) is 36.8 Å². The first-order valence-corrected chi connectivity index (χ1v) is 26.4. The van der Waals surface area contributed by atoms with Gasteiger partial charge >= 0.3 is 5.97 Å². The number of unbranched alkanes of at least 4 members (excludes halogenated alkanes) is 4. The average Bonchev–Trinajstić information content (AvgIpc) is 3.37. The highest BCUT2D eigenvalue weighted by molar-refractivity contribution is 5.95. The van der Waals surface area contributed by atoms with Gasteiger partial charge < -0.3 is 62.0 Å². The molecule has 0 aliphatic carbocycles. The number of amides is 7. The van der Waals surface area contributed by atoms with Crippen LogP contribution in [0.15, 0.2) is 78.9 Å². The SMILES string of the molecule is CCCCCCC=CCC(=O)N[C@@H](Cc1ccccc1)[C@@H](O)CC(=O)N[C@H](C(=O)N[C@@H](CO)[C@@H](O)CC(=O)N[C@H](C(=O)N[C@@H]1C=CC(=O)N[C@@H](C(C)C)C(=O)N(C)[C@@H](Cc2ccc(O)cc2)C(=O)OC1)C(C)C)C(C)C. The molecule has 2 aromatic rings. The van der Waals surface area contributed by atoms with Gasteiger partial charge in [0.25, 0.3) is 0 Å². The zero-order chi connectivity index (χ0) is 56.5. The first-order chi connectivity index (χ1) is 36.0. The summed E-state index contributed by atoms with van der Waals surface area (Å²) < 4.78 is 5.66. The number of allylic oxidation sites excluding steroid dienone is 1. The number of rotatable bonds is 28. The smallest absolute Gasteiger partial charge is 0.329 e. The van der Waals surface area contributed by atoms with Crippen LogP contribution in [-0.4, -0.2) is 147 Å². The Morgan fingerprint density at radius 2 is 1.36 bits per heavy atom. The molecule has 0 saturated heterocycles. The van der Waals surface area contributed by atoms with Crippen LogP contribution >= 0.6 is 0 Å². The van der Waals surface area contributed by atoms with Gasteiger partial charge in [0, 0.05) is 26.0 Å². The van der Waals surface area contributed by atoms with Gasteiger partial charge in [-0.25, -0.2) is 4.79 Å². The zero-order valence-corrected chi connectivity index (χ0v) is 45.3. The number of ether oxygens (including phenoxy) is 1. The van der Waals surface area contributed by atoms with E-state index >= 15 is 0 Å². The van der Waals surface area contributed by atoms with Crippen LogP contribution in [0.4, 0.5) is 0 Å². The molecule has 0 radical (unpaired) electrons. The quantitative estimate of drug-likeness (QED) is 0.0333. The monoisotopic (exact) mass is 1060 g/mol. The molecule has 9 atom stereocenters. The van der Waals surface area contributed by atoms with Crippen LogP contribution < -0.4 is 31.9 Å². The number of hydrogen-bond acceptors (Lipinski definition) is 13. The van der Waals surface area contributed by atoms with Crippen LogP contribution in [0.25, 0.3) is 0 Å². The molecule has 420 valence electrons. The molecule has 0 spiro atoms. The molecule has 76 heavy (non-hydrogen) atoms. The van der Waals surface area contributed by atoms with E-state index in [1.807, 2.05) is 36.4 Å². The molecule has 0 fully saturated rings. The minimum Gasteiger partial charge on any atom is -0.508 e. The summed E-state index contributed by atoms with van der Waals surface area (Å²) in [6, 6.07) is 7.20. The lowest BCUT2D eigenvalue weighted by Crippen LogP contribution is -2.57.